The van der Waals surface area contributed by atoms with Crippen LogP contribution in [0.5, 0.6) is 0 Å². The van der Waals surface area contributed by atoms with E-state index < -0.39 is 0 Å². The number of aromatic nitrogens is 2. The quantitative estimate of drug-likeness (QED) is 0.768. The van der Waals surface area contributed by atoms with E-state index in [0.717, 1.165) is 44.6 Å². The van der Waals surface area contributed by atoms with Crippen LogP contribution in [0.2, 0.25) is 0 Å². The molecule has 2 amide bonds. The summed E-state index contributed by atoms with van der Waals surface area (Å²) in [6.07, 6.45) is 5.81. The zero-order chi connectivity index (χ0) is 18.6. The Morgan fingerprint density at radius 1 is 1.31 bits per heavy atom. The van der Waals surface area contributed by atoms with Gasteiger partial charge in [-0.3, -0.25) is 14.3 Å². The van der Waals surface area contributed by atoms with Crippen molar-refractivity contribution in [2.45, 2.75) is 45.6 Å². The molecule has 2 aliphatic rings. The van der Waals surface area contributed by atoms with E-state index in [9.17, 15) is 9.59 Å². The average Bonchev–Trinajstić information content (AvgIpc) is 3.06. The van der Waals surface area contributed by atoms with E-state index >= 15 is 0 Å². The van der Waals surface area contributed by atoms with Gasteiger partial charge in [0.1, 0.15) is 0 Å². The molecule has 3 heterocycles. The molecule has 7 heteroatoms. The van der Waals surface area contributed by atoms with E-state index in [1.54, 1.807) is 13.3 Å². The van der Waals surface area contributed by atoms with Gasteiger partial charge in [-0.1, -0.05) is 0 Å². The first kappa shape index (κ1) is 18.9. The Kier molecular flexibility index (Phi) is 5.96. The number of amides is 2. The maximum absolute atomic E-state index is 12.7. The van der Waals surface area contributed by atoms with Crippen LogP contribution in [-0.2, 0) is 20.9 Å². The predicted molar refractivity (Wildman–Crippen MR) is 97.5 cm³/mol. The molecule has 7 nitrogen and oxygen atoms in total. The third kappa shape index (κ3) is 4.26. The van der Waals surface area contributed by atoms with Crippen molar-refractivity contribution in [1.29, 1.82) is 0 Å². The number of hydrogen-bond donors (Lipinski definition) is 0. The van der Waals surface area contributed by atoms with Gasteiger partial charge in [0.2, 0.25) is 11.8 Å². The summed E-state index contributed by atoms with van der Waals surface area (Å²) in [7, 11) is 1.66. The number of hydrogen-bond acceptors (Lipinski definition) is 4. The number of rotatable bonds is 6. The SMILES string of the molecule is COCCN1C[C@@]2(CCCN(C(=O)CCn3nccc3C)C2)CCC1=O. The lowest BCUT2D eigenvalue weighted by molar-refractivity contribution is -0.143. The molecule has 2 saturated heterocycles. The molecule has 144 valence electrons. The Labute approximate surface area is 155 Å². The summed E-state index contributed by atoms with van der Waals surface area (Å²) in [4.78, 5) is 28.9. The van der Waals surface area contributed by atoms with Crippen molar-refractivity contribution in [1.82, 2.24) is 19.6 Å². The Morgan fingerprint density at radius 3 is 2.88 bits per heavy atom. The highest BCUT2D eigenvalue weighted by molar-refractivity contribution is 5.78. The molecule has 0 saturated carbocycles. The summed E-state index contributed by atoms with van der Waals surface area (Å²) in [5.41, 5.74) is 1.13. The molecule has 0 aromatic carbocycles. The van der Waals surface area contributed by atoms with E-state index in [0.29, 0.717) is 32.5 Å². The monoisotopic (exact) mass is 362 g/mol. The van der Waals surface area contributed by atoms with Gasteiger partial charge >= 0.3 is 0 Å². The van der Waals surface area contributed by atoms with Gasteiger partial charge in [0.15, 0.2) is 0 Å². The maximum atomic E-state index is 12.7. The fourth-order valence-electron chi connectivity index (χ4n) is 4.25. The van der Waals surface area contributed by atoms with Gasteiger partial charge in [-0.25, -0.2) is 0 Å². The molecule has 3 rings (SSSR count). The Morgan fingerprint density at radius 2 is 2.15 bits per heavy atom. The number of nitrogens with zero attached hydrogens (tertiary/aromatic N) is 4. The average molecular weight is 362 g/mol. The van der Waals surface area contributed by atoms with Gasteiger partial charge in [-0.2, -0.15) is 5.10 Å². The summed E-state index contributed by atoms with van der Waals surface area (Å²) in [5.74, 6) is 0.407. The van der Waals surface area contributed by atoms with Gasteiger partial charge in [-0.05, 0) is 32.3 Å². The van der Waals surface area contributed by atoms with Crippen molar-refractivity contribution < 1.29 is 14.3 Å². The summed E-state index contributed by atoms with van der Waals surface area (Å²) in [5, 5.41) is 4.25. The number of ether oxygens (including phenoxy) is 1. The molecule has 1 spiro atoms. The Bertz CT molecular complexity index is 644. The third-order valence-electron chi connectivity index (χ3n) is 5.79. The first-order valence-electron chi connectivity index (χ1n) is 9.56. The highest BCUT2D eigenvalue weighted by Crippen LogP contribution is 2.39. The summed E-state index contributed by atoms with van der Waals surface area (Å²) >= 11 is 0. The van der Waals surface area contributed by atoms with Crippen LogP contribution in [0.15, 0.2) is 12.3 Å². The molecule has 2 fully saturated rings. The molecular weight excluding hydrogens is 332 g/mol. The molecule has 0 N–H and O–H groups in total. The minimum Gasteiger partial charge on any atom is -0.383 e. The molecule has 0 unspecified atom stereocenters. The summed E-state index contributed by atoms with van der Waals surface area (Å²) in [6.45, 7) is 6.17. The topological polar surface area (TPSA) is 67.7 Å². The van der Waals surface area contributed by atoms with E-state index in [-0.39, 0.29) is 17.2 Å². The van der Waals surface area contributed by atoms with Crippen LogP contribution in [-0.4, -0.2) is 71.3 Å². The fourth-order valence-corrected chi connectivity index (χ4v) is 4.25. The van der Waals surface area contributed by atoms with Gasteiger partial charge in [0.25, 0.3) is 0 Å². The molecular formula is C19H30N4O3. The highest BCUT2D eigenvalue weighted by atomic mass is 16.5. The number of likely N-dealkylation sites (tertiary alicyclic amines) is 2. The van der Waals surface area contributed by atoms with Crippen LogP contribution in [0.4, 0.5) is 0 Å². The summed E-state index contributed by atoms with van der Waals surface area (Å²) < 4.78 is 7.02. The maximum Gasteiger partial charge on any atom is 0.224 e. The second-order valence-electron chi connectivity index (χ2n) is 7.67. The zero-order valence-electron chi connectivity index (χ0n) is 15.9. The number of carbonyl (C=O) groups is 2. The van der Waals surface area contributed by atoms with Crippen LogP contribution in [0.25, 0.3) is 0 Å². The van der Waals surface area contributed by atoms with Gasteiger partial charge in [0.05, 0.1) is 6.61 Å². The lowest BCUT2D eigenvalue weighted by Gasteiger charge is -2.48. The zero-order valence-corrected chi connectivity index (χ0v) is 15.9. The molecule has 0 bridgehead atoms. The fraction of sp³-hybridized carbons (Fsp3) is 0.737. The second kappa shape index (κ2) is 8.20. The first-order chi connectivity index (χ1) is 12.5. The van der Waals surface area contributed by atoms with Crippen LogP contribution >= 0.6 is 0 Å². The van der Waals surface area contributed by atoms with Crippen molar-refractivity contribution in [3.63, 3.8) is 0 Å². The van der Waals surface area contributed by atoms with Crippen molar-refractivity contribution in [2.75, 3.05) is 39.9 Å². The van der Waals surface area contributed by atoms with E-state index in [1.165, 1.54) is 0 Å². The largest absolute Gasteiger partial charge is 0.383 e. The molecule has 2 aliphatic heterocycles. The number of aryl methyl sites for hydroxylation is 2. The minimum atomic E-state index is 0.0528. The molecule has 26 heavy (non-hydrogen) atoms. The van der Waals surface area contributed by atoms with Crippen LogP contribution < -0.4 is 0 Å². The molecule has 1 aromatic heterocycles. The summed E-state index contributed by atoms with van der Waals surface area (Å²) in [6, 6.07) is 1.95. The van der Waals surface area contributed by atoms with E-state index in [4.69, 9.17) is 4.74 Å². The van der Waals surface area contributed by atoms with Gasteiger partial charge in [-0.15, -0.1) is 0 Å². The normalized spacial score (nSPS) is 23.7. The lowest BCUT2D eigenvalue weighted by Crippen LogP contribution is -2.55. The van der Waals surface area contributed by atoms with Crippen molar-refractivity contribution in [3.05, 3.63) is 18.0 Å². The van der Waals surface area contributed by atoms with Gasteiger partial charge < -0.3 is 14.5 Å². The second-order valence-corrected chi connectivity index (χ2v) is 7.67. The van der Waals surface area contributed by atoms with Crippen molar-refractivity contribution >= 4 is 11.8 Å². The Balaban J connectivity index is 1.58. The third-order valence-corrected chi connectivity index (χ3v) is 5.79. The van der Waals surface area contributed by atoms with Gasteiger partial charge in [0, 0.05) is 70.0 Å². The smallest absolute Gasteiger partial charge is 0.224 e. The first-order valence-corrected chi connectivity index (χ1v) is 9.56. The number of methoxy groups -OCH3 is 1. The van der Waals surface area contributed by atoms with E-state index in [1.807, 2.05) is 27.5 Å². The van der Waals surface area contributed by atoms with Crippen molar-refractivity contribution in [3.8, 4) is 0 Å². The lowest BCUT2D eigenvalue weighted by atomic mass is 9.73. The highest BCUT2D eigenvalue weighted by Gasteiger charge is 2.42. The number of piperidine rings is 2. The van der Waals surface area contributed by atoms with Crippen LogP contribution in [0, 0.1) is 12.3 Å². The predicted octanol–water partition coefficient (Wildman–Crippen LogP) is 1.46. The molecule has 1 atom stereocenters. The van der Waals surface area contributed by atoms with Crippen molar-refractivity contribution in [2.24, 2.45) is 5.41 Å². The molecule has 0 radical (unpaired) electrons. The minimum absolute atomic E-state index is 0.0528. The van der Waals surface area contributed by atoms with E-state index in [2.05, 4.69) is 5.10 Å². The molecule has 0 aliphatic carbocycles. The van der Waals surface area contributed by atoms with Crippen LogP contribution in [0.3, 0.4) is 0 Å². The Hall–Kier alpha value is -1.89. The van der Waals surface area contributed by atoms with Crippen LogP contribution in [0.1, 0.15) is 37.8 Å². The number of carbonyl (C=O) groups excluding carboxylic acids is 2. The molecule has 1 aromatic rings. The standard InChI is InChI=1S/C19H30N4O3/c1-16-5-9-20-23(16)11-6-18(25)21-10-3-7-19(14-21)8-4-17(24)22(15-19)12-13-26-2/h5,9H,3-4,6-8,10-15H2,1-2H3/t19-/m0/s1.